The number of hydrogen-bond donors (Lipinski definition) is 2. The molecule has 0 aliphatic carbocycles. The van der Waals surface area contributed by atoms with Crippen LogP contribution in [-0.2, 0) is 17.9 Å². The number of carbonyl (C=O) groups is 1. The second-order valence-corrected chi connectivity index (χ2v) is 6.83. The van der Waals surface area contributed by atoms with Crippen molar-refractivity contribution in [2.75, 3.05) is 6.61 Å². The summed E-state index contributed by atoms with van der Waals surface area (Å²) in [5.74, 6) is 0.408. The fourth-order valence-electron chi connectivity index (χ4n) is 2.37. The van der Waals surface area contributed by atoms with E-state index in [-0.39, 0.29) is 0 Å². The van der Waals surface area contributed by atoms with Gasteiger partial charge in [-0.1, -0.05) is 40.2 Å². The fourth-order valence-corrected chi connectivity index (χ4v) is 2.83. The van der Waals surface area contributed by atoms with E-state index in [1.165, 1.54) is 5.56 Å². The van der Waals surface area contributed by atoms with E-state index in [1.807, 2.05) is 37.3 Å². The van der Waals surface area contributed by atoms with Crippen LogP contribution in [0.5, 0.6) is 11.5 Å². The van der Waals surface area contributed by atoms with Crippen molar-refractivity contribution < 1.29 is 19.4 Å². The molecule has 2 aromatic rings. The van der Waals surface area contributed by atoms with Crippen LogP contribution in [0.25, 0.3) is 0 Å². The lowest BCUT2D eigenvalue weighted by molar-refractivity contribution is -0.139. The number of ether oxygens (including phenoxy) is 2. The summed E-state index contributed by atoms with van der Waals surface area (Å²) in [6, 6.07) is 11.2. The molecule has 0 heterocycles. The molecule has 1 unspecified atom stereocenters. The summed E-state index contributed by atoms with van der Waals surface area (Å²) in [4.78, 5) is 11.0. The fraction of sp³-hybridized carbons (Fsp3) is 0.350. The van der Waals surface area contributed by atoms with Gasteiger partial charge in [0.05, 0.1) is 6.61 Å². The highest BCUT2D eigenvalue weighted by Crippen LogP contribution is 2.34. The van der Waals surface area contributed by atoms with Gasteiger partial charge in [-0.3, -0.25) is 4.79 Å². The highest BCUT2D eigenvalue weighted by molar-refractivity contribution is 9.10. The average Bonchev–Trinajstić information content (AvgIpc) is 2.61. The summed E-state index contributed by atoms with van der Waals surface area (Å²) in [6.07, 6.45) is 0. The monoisotopic (exact) mass is 421 g/mol. The molecule has 0 amide bonds. The Bertz CT molecular complexity index is 763. The van der Waals surface area contributed by atoms with Crippen molar-refractivity contribution in [2.24, 2.45) is 0 Å². The molecule has 6 heteroatoms. The molecule has 5 nitrogen and oxygen atoms in total. The lowest BCUT2D eigenvalue weighted by atomic mass is 10.1. The van der Waals surface area contributed by atoms with Crippen LogP contribution in [0.3, 0.4) is 0 Å². The summed E-state index contributed by atoms with van der Waals surface area (Å²) < 4.78 is 12.5. The van der Waals surface area contributed by atoms with E-state index in [1.54, 1.807) is 6.92 Å². The van der Waals surface area contributed by atoms with Gasteiger partial charge < -0.3 is 19.9 Å². The molecular formula is C20H24BrNO4. The number of halogens is 1. The third kappa shape index (κ3) is 5.47. The quantitative estimate of drug-likeness (QED) is 0.631. The molecule has 0 bridgehead atoms. The Balaban J connectivity index is 2.17. The Morgan fingerprint density at radius 3 is 2.54 bits per heavy atom. The van der Waals surface area contributed by atoms with Gasteiger partial charge in [0.2, 0.25) is 0 Å². The number of carboxylic acid groups (broad SMARTS) is 1. The molecule has 2 aromatic carbocycles. The van der Waals surface area contributed by atoms with Gasteiger partial charge >= 0.3 is 5.97 Å². The van der Waals surface area contributed by atoms with Crippen LogP contribution >= 0.6 is 15.9 Å². The summed E-state index contributed by atoms with van der Waals surface area (Å²) in [5.41, 5.74) is 3.20. The van der Waals surface area contributed by atoms with E-state index in [4.69, 9.17) is 14.6 Å². The highest BCUT2D eigenvalue weighted by atomic mass is 79.9. The topological polar surface area (TPSA) is 67.8 Å². The highest BCUT2D eigenvalue weighted by Gasteiger charge is 2.14. The third-order valence-electron chi connectivity index (χ3n) is 4.03. The molecule has 1 atom stereocenters. The lowest BCUT2D eigenvalue weighted by Gasteiger charge is -2.17. The molecule has 2 rings (SSSR count). The van der Waals surface area contributed by atoms with Gasteiger partial charge in [-0.15, -0.1) is 0 Å². The van der Waals surface area contributed by atoms with Crippen molar-refractivity contribution in [3.63, 3.8) is 0 Å². The first kappa shape index (κ1) is 20.3. The van der Waals surface area contributed by atoms with Crippen molar-refractivity contribution in [3.8, 4) is 11.5 Å². The Labute approximate surface area is 162 Å². The van der Waals surface area contributed by atoms with Crippen molar-refractivity contribution in [3.05, 3.63) is 57.6 Å². The first-order chi connectivity index (χ1) is 12.4. The van der Waals surface area contributed by atoms with Gasteiger partial charge in [0.1, 0.15) is 12.6 Å². The smallest absolute Gasteiger partial charge is 0.320 e. The minimum absolute atomic E-state index is 0.409. The van der Waals surface area contributed by atoms with Crippen molar-refractivity contribution in [1.29, 1.82) is 0 Å². The number of benzene rings is 2. The molecule has 0 spiro atoms. The Kier molecular flexibility index (Phi) is 7.48. The minimum Gasteiger partial charge on any atom is -0.490 e. The number of rotatable bonds is 9. The number of aryl methyl sites for hydroxylation is 1. The van der Waals surface area contributed by atoms with Crippen molar-refractivity contribution in [1.82, 2.24) is 5.32 Å². The largest absolute Gasteiger partial charge is 0.490 e. The second kappa shape index (κ2) is 9.59. The molecule has 0 radical (unpaired) electrons. The Morgan fingerprint density at radius 1 is 1.19 bits per heavy atom. The molecular weight excluding hydrogens is 398 g/mol. The zero-order valence-electron chi connectivity index (χ0n) is 15.2. The molecule has 0 fully saturated rings. The van der Waals surface area contributed by atoms with Crippen LogP contribution in [0, 0.1) is 6.92 Å². The summed E-state index contributed by atoms with van der Waals surface area (Å²) >= 11 is 3.54. The maximum atomic E-state index is 11.0. The SMILES string of the molecule is CCOc1cc(CNC(C)C(=O)O)c(Br)cc1OCc1ccccc1C. The standard InChI is InChI=1S/C20H24BrNO4/c1-4-25-18-9-16(11-22-14(3)20(23)24)17(21)10-19(18)26-12-15-8-6-5-7-13(15)2/h5-10,14,22H,4,11-12H2,1-3H3,(H,23,24). The van der Waals surface area contributed by atoms with Crippen molar-refractivity contribution in [2.45, 2.75) is 40.0 Å². The van der Waals surface area contributed by atoms with Crippen LogP contribution in [-0.4, -0.2) is 23.7 Å². The molecule has 140 valence electrons. The van der Waals surface area contributed by atoms with E-state index in [0.717, 1.165) is 15.6 Å². The number of carboxylic acids is 1. The Hall–Kier alpha value is -2.05. The average molecular weight is 422 g/mol. The van der Waals surface area contributed by atoms with E-state index >= 15 is 0 Å². The predicted molar refractivity (Wildman–Crippen MR) is 105 cm³/mol. The molecule has 26 heavy (non-hydrogen) atoms. The minimum atomic E-state index is -0.885. The van der Waals surface area contributed by atoms with Crippen LogP contribution in [0.2, 0.25) is 0 Å². The van der Waals surface area contributed by atoms with Gasteiger partial charge in [0, 0.05) is 11.0 Å². The maximum absolute atomic E-state index is 11.0. The first-order valence-electron chi connectivity index (χ1n) is 8.51. The van der Waals surface area contributed by atoms with Gasteiger partial charge in [0.15, 0.2) is 11.5 Å². The number of hydrogen-bond acceptors (Lipinski definition) is 4. The van der Waals surface area contributed by atoms with Gasteiger partial charge in [-0.25, -0.2) is 0 Å². The normalized spacial score (nSPS) is 11.8. The predicted octanol–water partition coefficient (Wildman–Crippen LogP) is 4.30. The van der Waals surface area contributed by atoms with Crippen LogP contribution in [0.4, 0.5) is 0 Å². The van der Waals surface area contributed by atoms with Gasteiger partial charge in [-0.2, -0.15) is 0 Å². The summed E-state index contributed by atoms with van der Waals surface area (Å²) in [5, 5.41) is 12.0. The van der Waals surface area contributed by atoms with E-state index in [9.17, 15) is 4.79 Å². The molecule has 0 aromatic heterocycles. The molecule has 0 aliphatic rings. The van der Waals surface area contributed by atoms with E-state index < -0.39 is 12.0 Å². The van der Waals surface area contributed by atoms with Crippen LogP contribution in [0.1, 0.15) is 30.5 Å². The zero-order chi connectivity index (χ0) is 19.1. The second-order valence-electron chi connectivity index (χ2n) is 5.98. The van der Waals surface area contributed by atoms with Gasteiger partial charge in [0.25, 0.3) is 0 Å². The summed E-state index contributed by atoms with van der Waals surface area (Å²) in [6.45, 7) is 6.95. The van der Waals surface area contributed by atoms with Gasteiger partial charge in [-0.05, 0) is 49.6 Å². The van der Waals surface area contributed by atoms with Crippen LogP contribution < -0.4 is 14.8 Å². The first-order valence-corrected chi connectivity index (χ1v) is 9.30. The Morgan fingerprint density at radius 2 is 1.88 bits per heavy atom. The van der Waals surface area contributed by atoms with E-state index in [0.29, 0.717) is 31.3 Å². The summed E-state index contributed by atoms with van der Waals surface area (Å²) in [7, 11) is 0. The number of aliphatic carboxylic acids is 1. The molecule has 0 saturated carbocycles. The molecule has 2 N–H and O–H groups in total. The van der Waals surface area contributed by atoms with Crippen LogP contribution in [0.15, 0.2) is 40.9 Å². The van der Waals surface area contributed by atoms with E-state index in [2.05, 4.69) is 34.2 Å². The maximum Gasteiger partial charge on any atom is 0.320 e. The number of nitrogens with one attached hydrogen (secondary N) is 1. The lowest BCUT2D eigenvalue weighted by Crippen LogP contribution is -2.33. The van der Waals surface area contributed by atoms with Crippen molar-refractivity contribution >= 4 is 21.9 Å². The molecule has 0 saturated heterocycles. The third-order valence-corrected chi connectivity index (χ3v) is 4.76. The zero-order valence-corrected chi connectivity index (χ0v) is 16.8. The molecule has 0 aliphatic heterocycles.